The second kappa shape index (κ2) is 14.1. The molecule has 28 heavy (non-hydrogen) atoms. The highest BCUT2D eigenvalue weighted by Crippen LogP contribution is 2.37. The average Bonchev–Trinajstić information content (AvgIpc) is 2.57. The Kier molecular flexibility index (Phi) is 13.2. The molecule has 0 radical (unpaired) electrons. The van der Waals surface area contributed by atoms with E-state index in [9.17, 15) is 0 Å². The van der Waals surface area contributed by atoms with Gasteiger partial charge >= 0.3 is 0 Å². The molecule has 0 aliphatic carbocycles. The van der Waals surface area contributed by atoms with E-state index in [0.717, 1.165) is 25.7 Å². The fourth-order valence-electron chi connectivity index (χ4n) is 1.86. The van der Waals surface area contributed by atoms with Gasteiger partial charge < -0.3 is 14.3 Å². The number of oxime groups is 1. The van der Waals surface area contributed by atoms with Gasteiger partial charge in [-0.05, 0) is 31.8 Å². The molecule has 4 nitrogen and oxygen atoms in total. The Balaban J connectivity index is 2.26. The third kappa shape index (κ3) is 12.6. The van der Waals surface area contributed by atoms with Gasteiger partial charge in [0.15, 0.2) is 12.4 Å². The molecule has 1 rings (SSSR count). The van der Waals surface area contributed by atoms with E-state index in [1.54, 1.807) is 18.3 Å². The Morgan fingerprint density at radius 2 is 1.68 bits per heavy atom. The topological polar surface area (TPSA) is 40.0 Å². The summed E-state index contributed by atoms with van der Waals surface area (Å²) in [7, 11) is 0. The van der Waals surface area contributed by atoms with Crippen LogP contribution in [0, 0.1) is 0 Å². The van der Waals surface area contributed by atoms with Gasteiger partial charge in [-0.25, -0.2) is 0 Å². The summed E-state index contributed by atoms with van der Waals surface area (Å²) in [5.74, 6) is 0.910. The van der Waals surface area contributed by atoms with E-state index in [0.29, 0.717) is 28.2 Å². The van der Waals surface area contributed by atoms with Gasteiger partial charge in [0, 0.05) is 18.3 Å². The fraction of sp³-hybridized carbons (Fsp3) is 0.471. The Labute approximate surface area is 199 Å². The van der Waals surface area contributed by atoms with E-state index in [1.165, 1.54) is 6.08 Å². The van der Waals surface area contributed by atoms with Crippen LogP contribution in [0.4, 0.5) is 0 Å². The summed E-state index contributed by atoms with van der Waals surface area (Å²) in [4.78, 5) is 4.85. The van der Waals surface area contributed by atoms with Crippen LogP contribution in [0.1, 0.15) is 25.7 Å². The Morgan fingerprint density at radius 1 is 1.00 bits per heavy atom. The van der Waals surface area contributed by atoms with Crippen molar-refractivity contribution in [3.63, 3.8) is 0 Å². The highest BCUT2D eigenvalue weighted by molar-refractivity contribution is 6.67. The molecule has 11 heteroatoms. The van der Waals surface area contributed by atoms with Gasteiger partial charge in [0.25, 0.3) is 0 Å². The molecular weight excluding hydrogens is 514 g/mol. The van der Waals surface area contributed by atoms with Gasteiger partial charge in [-0.2, -0.15) is 0 Å². The van der Waals surface area contributed by atoms with Gasteiger partial charge in [-0.15, -0.1) is 0 Å². The number of benzene rings is 1. The van der Waals surface area contributed by atoms with Crippen molar-refractivity contribution in [2.75, 3.05) is 19.8 Å². The maximum absolute atomic E-state index is 6.20. The molecule has 0 atom stereocenters. The van der Waals surface area contributed by atoms with E-state index < -0.39 is 3.79 Å². The number of halogens is 7. The van der Waals surface area contributed by atoms with Crippen LogP contribution >= 0.6 is 81.2 Å². The monoisotopic (exact) mass is 529 g/mol. The maximum atomic E-state index is 6.20. The van der Waals surface area contributed by atoms with Crippen LogP contribution in [-0.2, 0) is 4.84 Å². The summed E-state index contributed by atoms with van der Waals surface area (Å²) in [5.41, 5.74) is 0. The largest absolute Gasteiger partial charge is 0.490 e. The van der Waals surface area contributed by atoms with Crippen molar-refractivity contribution >= 4 is 87.4 Å². The van der Waals surface area contributed by atoms with Crippen LogP contribution in [0.25, 0.3) is 0 Å². The maximum Gasteiger partial charge on any atom is 0.226 e. The first-order chi connectivity index (χ1) is 13.2. The van der Waals surface area contributed by atoms with Crippen molar-refractivity contribution in [1.82, 2.24) is 0 Å². The van der Waals surface area contributed by atoms with Crippen LogP contribution in [-0.4, -0.2) is 29.8 Å². The lowest BCUT2D eigenvalue weighted by Gasteiger charge is -2.12. The molecule has 0 bridgehead atoms. The smallest absolute Gasteiger partial charge is 0.226 e. The third-order valence-electron chi connectivity index (χ3n) is 3.06. The van der Waals surface area contributed by atoms with Crippen molar-refractivity contribution in [1.29, 1.82) is 0 Å². The Hall–Kier alpha value is 0.0600. The summed E-state index contributed by atoms with van der Waals surface area (Å²) in [5, 5.41) is 4.44. The van der Waals surface area contributed by atoms with E-state index in [2.05, 4.69) is 5.16 Å². The number of ether oxygens (including phenoxy) is 2. The molecular formula is C17H18Cl7NO3. The molecule has 0 aliphatic heterocycles. The van der Waals surface area contributed by atoms with Crippen LogP contribution in [0.15, 0.2) is 27.9 Å². The van der Waals surface area contributed by atoms with Gasteiger partial charge in [0.05, 0.1) is 16.7 Å². The minimum Gasteiger partial charge on any atom is -0.490 e. The molecule has 0 amide bonds. The summed E-state index contributed by atoms with van der Waals surface area (Å²) < 4.78 is 9.77. The zero-order valence-electron chi connectivity index (χ0n) is 14.6. The zero-order valence-corrected chi connectivity index (χ0v) is 19.9. The number of nitrogens with zero attached hydrogens (tertiary/aromatic N) is 1. The Morgan fingerprint density at radius 3 is 2.29 bits per heavy atom. The second-order valence-electron chi connectivity index (χ2n) is 5.40. The summed E-state index contributed by atoms with van der Waals surface area (Å²) in [6.45, 7) is 0.587. The molecule has 0 fully saturated rings. The quantitative estimate of drug-likeness (QED) is 0.119. The molecule has 0 unspecified atom stereocenters. The minimum atomic E-state index is -1.46. The van der Waals surface area contributed by atoms with Crippen LogP contribution < -0.4 is 9.47 Å². The molecule has 0 aromatic heterocycles. The van der Waals surface area contributed by atoms with Gasteiger partial charge in [-0.1, -0.05) is 86.4 Å². The predicted molar refractivity (Wildman–Crippen MR) is 120 cm³/mol. The lowest BCUT2D eigenvalue weighted by Crippen LogP contribution is -2.10. The molecule has 1 aromatic carbocycles. The number of hydrogen-bond donors (Lipinski definition) is 0. The molecule has 1 aromatic rings. The van der Waals surface area contributed by atoms with E-state index in [1.807, 2.05) is 0 Å². The van der Waals surface area contributed by atoms with Crippen LogP contribution in [0.2, 0.25) is 10.0 Å². The van der Waals surface area contributed by atoms with E-state index in [-0.39, 0.29) is 17.7 Å². The zero-order chi connectivity index (χ0) is 21.0. The predicted octanol–water partition coefficient (Wildman–Crippen LogP) is 8.00. The third-order valence-corrected chi connectivity index (χ3v) is 4.26. The van der Waals surface area contributed by atoms with Crippen molar-refractivity contribution in [3.8, 4) is 11.5 Å². The van der Waals surface area contributed by atoms with E-state index in [4.69, 9.17) is 95.5 Å². The van der Waals surface area contributed by atoms with Gasteiger partial charge in [0.2, 0.25) is 3.79 Å². The van der Waals surface area contributed by atoms with Gasteiger partial charge in [-0.3, -0.25) is 0 Å². The first-order valence-corrected chi connectivity index (χ1v) is 10.8. The minimum absolute atomic E-state index is 0.0927. The summed E-state index contributed by atoms with van der Waals surface area (Å²) >= 11 is 40.0. The Bertz CT molecular complexity index is 636. The standard InChI is InChI=1S/C17H18Cl7NO3/c18-13-9-12(26-8-5-15(20)21)10-14(19)16(13)27-7-4-2-1-3-6-25-28-11-17(22,23)24/h5-6,9-10H,1-4,7-8,11H2. The van der Waals surface area contributed by atoms with Crippen molar-refractivity contribution < 1.29 is 14.3 Å². The van der Waals surface area contributed by atoms with Crippen LogP contribution in [0.3, 0.4) is 0 Å². The normalized spacial score (nSPS) is 11.5. The van der Waals surface area contributed by atoms with Crippen molar-refractivity contribution in [3.05, 3.63) is 32.7 Å². The molecule has 0 N–H and O–H groups in total. The van der Waals surface area contributed by atoms with Gasteiger partial charge in [0.1, 0.15) is 16.8 Å². The molecule has 0 saturated carbocycles. The SMILES string of the molecule is ClC(Cl)=CCOc1cc(Cl)c(OCCCCCC=NOCC(Cl)(Cl)Cl)c(Cl)c1. The lowest BCUT2D eigenvalue weighted by atomic mass is 10.2. The summed E-state index contributed by atoms with van der Waals surface area (Å²) in [6, 6.07) is 3.23. The molecule has 0 aliphatic rings. The highest BCUT2D eigenvalue weighted by Gasteiger charge is 2.20. The number of alkyl halides is 3. The average molecular weight is 533 g/mol. The second-order valence-corrected chi connectivity index (χ2v) is 9.73. The molecule has 0 heterocycles. The van der Waals surface area contributed by atoms with E-state index >= 15 is 0 Å². The fourth-order valence-corrected chi connectivity index (χ4v) is 2.71. The summed E-state index contributed by atoms with van der Waals surface area (Å²) in [6.07, 6.45) is 6.55. The molecule has 0 saturated heterocycles. The highest BCUT2D eigenvalue weighted by atomic mass is 35.6. The lowest BCUT2D eigenvalue weighted by molar-refractivity contribution is 0.150. The van der Waals surface area contributed by atoms with Crippen LogP contribution in [0.5, 0.6) is 11.5 Å². The molecule has 0 spiro atoms. The van der Waals surface area contributed by atoms with Crippen molar-refractivity contribution in [2.45, 2.75) is 29.5 Å². The van der Waals surface area contributed by atoms with Crippen molar-refractivity contribution in [2.24, 2.45) is 5.16 Å². The first-order valence-electron chi connectivity index (χ1n) is 8.15. The number of hydrogen-bond acceptors (Lipinski definition) is 4. The first kappa shape index (κ1) is 26.1. The number of rotatable bonds is 12. The number of unbranched alkanes of at least 4 members (excludes halogenated alkanes) is 3. The molecule has 158 valence electrons.